The van der Waals surface area contributed by atoms with Crippen LogP contribution in [0.2, 0.25) is 0 Å². The minimum Gasteiger partial charge on any atom is -0.313 e. The van der Waals surface area contributed by atoms with Crippen molar-refractivity contribution in [3.63, 3.8) is 0 Å². The summed E-state index contributed by atoms with van der Waals surface area (Å²) in [5.41, 5.74) is 11.4. The van der Waals surface area contributed by atoms with Gasteiger partial charge < -0.3 is 9.13 Å². The molecule has 0 radical (unpaired) electrons. The van der Waals surface area contributed by atoms with E-state index in [4.69, 9.17) is 0 Å². The van der Waals surface area contributed by atoms with Crippen molar-refractivity contribution in [2.75, 3.05) is 0 Å². The van der Waals surface area contributed by atoms with Crippen LogP contribution in [0.4, 0.5) is 0 Å². The fourth-order valence-electron chi connectivity index (χ4n) is 7.18. The van der Waals surface area contributed by atoms with Crippen molar-refractivity contribution in [1.29, 1.82) is 0 Å². The highest BCUT2D eigenvalue weighted by atomic mass is 15.0. The Morgan fingerprint density at radius 1 is 0.524 bits per heavy atom. The Hall–Kier alpha value is -5.34. The molecule has 2 aromatic heterocycles. The van der Waals surface area contributed by atoms with Crippen LogP contribution in [0.5, 0.6) is 0 Å². The van der Waals surface area contributed by atoms with Crippen LogP contribution in [0, 0.1) is 0 Å². The monoisotopic (exact) mass is 536 g/mol. The number of nitrogens with zero attached hydrogens (tertiary/aromatic N) is 2. The normalized spacial score (nSPS) is 13.0. The smallest absolute Gasteiger partial charge is 0.0641 e. The lowest BCUT2D eigenvalue weighted by Crippen LogP contribution is -2.03. The quantitative estimate of drug-likeness (QED) is 0.213. The summed E-state index contributed by atoms with van der Waals surface area (Å²) < 4.78 is 5.01. The molecule has 0 atom stereocenters. The molecule has 2 nitrogen and oxygen atoms in total. The number of hydrogen-bond donors (Lipinski definition) is 0. The molecule has 0 amide bonds. The van der Waals surface area contributed by atoms with Crippen molar-refractivity contribution >= 4 is 49.6 Å². The molecule has 198 valence electrons. The van der Waals surface area contributed by atoms with E-state index in [9.17, 15) is 0 Å². The Morgan fingerprint density at radius 3 is 2.12 bits per heavy atom. The van der Waals surface area contributed by atoms with Crippen molar-refractivity contribution in [3.05, 3.63) is 151 Å². The van der Waals surface area contributed by atoms with E-state index >= 15 is 0 Å². The lowest BCUT2D eigenvalue weighted by molar-refractivity contribution is 0.889. The number of fused-ring (bicyclic) bond motifs is 8. The molecule has 8 aromatic rings. The summed E-state index contributed by atoms with van der Waals surface area (Å²) in [4.78, 5) is 0. The molecule has 0 saturated heterocycles. The highest BCUT2D eigenvalue weighted by Gasteiger charge is 2.24. The summed E-state index contributed by atoms with van der Waals surface area (Å²) in [5.74, 6) is 0. The predicted molar refractivity (Wildman–Crippen MR) is 178 cm³/mol. The zero-order chi connectivity index (χ0) is 27.6. The van der Waals surface area contributed by atoms with Crippen molar-refractivity contribution in [2.24, 2.45) is 0 Å². The first kappa shape index (κ1) is 23.4. The second-order valence-corrected chi connectivity index (χ2v) is 11.3. The van der Waals surface area contributed by atoms with Gasteiger partial charge in [0.15, 0.2) is 0 Å². The molecule has 6 aromatic carbocycles. The summed E-state index contributed by atoms with van der Waals surface area (Å²) >= 11 is 0. The van der Waals surface area contributed by atoms with E-state index in [-0.39, 0.29) is 0 Å². The lowest BCUT2D eigenvalue weighted by atomic mass is 9.97. The van der Waals surface area contributed by atoms with Gasteiger partial charge in [0, 0.05) is 38.8 Å². The van der Waals surface area contributed by atoms with Crippen LogP contribution in [0.25, 0.3) is 72.1 Å². The third-order valence-electron chi connectivity index (χ3n) is 8.94. The van der Waals surface area contributed by atoms with Crippen LogP contribution in [-0.4, -0.2) is 9.13 Å². The van der Waals surface area contributed by atoms with Gasteiger partial charge in [-0.1, -0.05) is 109 Å². The average molecular weight is 537 g/mol. The summed E-state index contributed by atoms with van der Waals surface area (Å²) in [6.45, 7) is 0. The highest BCUT2D eigenvalue weighted by Crippen LogP contribution is 2.43. The second kappa shape index (κ2) is 9.09. The first-order valence-corrected chi connectivity index (χ1v) is 14.8. The van der Waals surface area contributed by atoms with Crippen LogP contribution in [0.15, 0.2) is 140 Å². The Labute approximate surface area is 244 Å². The van der Waals surface area contributed by atoms with Gasteiger partial charge in [0.05, 0.1) is 16.6 Å². The van der Waals surface area contributed by atoms with Crippen LogP contribution < -0.4 is 0 Å². The fraction of sp³-hybridized carbons (Fsp3) is 0.0500. The molecule has 0 saturated carbocycles. The van der Waals surface area contributed by atoms with Gasteiger partial charge in [-0.15, -0.1) is 0 Å². The number of benzene rings is 6. The molecule has 0 unspecified atom stereocenters. The van der Waals surface area contributed by atoms with Gasteiger partial charge in [-0.2, -0.15) is 0 Å². The van der Waals surface area contributed by atoms with E-state index in [1.807, 2.05) is 0 Å². The number of allylic oxidation sites excluding steroid dienone is 1. The van der Waals surface area contributed by atoms with Gasteiger partial charge in [-0.05, 0) is 71.1 Å². The summed E-state index contributed by atoms with van der Waals surface area (Å²) in [6, 6.07) is 48.7. The largest absolute Gasteiger partial charge is 0.313 e. The number of aromatic nitrogens is 2. The van der Waals surface area contributed by atoms with Gasteiger partial charge in [-0.3, -0.25) is 0 Å². The molecule has 0 bridgehead atoms. The van der Waals surface area contributed by atoms with Crippen LogP contribution in [-0.2, 0) is 6.42 Å². The molecule has 1 aliphatic rings. The first-order valence-electron chi connectivity index (χ1n) is 14.8. The maximum Gasteiger partial charge on any atom is 0.0641 e. The molecular weight excluding hydrogens is 508 g/mol. The lowest BCUT2D eigenvalue weighted by Gasteiger charge is -2.16. The fourth-order valence-corrected chi connectivity index (χ4v) is 7.18. The van der Waals surface area contributed by atoms with E-state index in [1.165, 1.54) is 77.2 Å². The molecule has 1 aliphatic carbocycles. The van der Waals surface area contributed by atoms with Gasteiger partial charge in [-0.25, -0.2) is 0 Å². The summed E-state index contributed by atoms with van der Waals surface area (Å²) in [6.07, 6.45) is 6.77. The molecule has 0 spiro atoms. The SMILES string of the molecule is C1=Cc2c(n(-c3cc(-c4ccccc4)c4ccccc4c3)c3ccc4c5ccccc5n(-c5ccccc5)c4c23)CC1. The summed E-state index contributed by atoms with van der Waals surface area (Å²) in [5, 5.41) is 6.45. The standard InChI is InChI=1S/C40H28N2/c1-3-13-27(14-4-1)35-26-30(25-28-15-7-8-18-31(28)35)41-37-22-12-10-20-34(37)39-38(41)24-23-33-32-19-9-11-21-36(32)42(40(33)39)29-16-5-2-6-17-29/h1-11,13-21,23-26H,12,22H2. The van der Waals surface area contributed by atoms with Crippen LogP contribution in [0.3, 0.4) is 0 Å². The van der Waals surface area contributed by atoms with Crippen molar-refractivity contribution < 1.29 is 0 Å². The molecule has 0 aliphatic heterocycles. The van der Waals surface area contributed by atoms with Gasteiger partial charge in [0.25, 0.3) is 0 Å². The van der Waals surface area contributed by atoms with E-state index < -0.39 is 0 Å². The van der Waals surface area contributed by atoms with E-state index in [0.29, 0.717) is 0 Å². The summed E-state index contributed by atoms with van der Waals surface area (Å²) in [7, 11) is 0. The number of rotatable bonds is 3. The topological polar surface area (TPSA) is 9.86 Å². The first-order chi connectivity index (χ1) is 20.9. The third-order valence-corrected chi connectivity index (χ3v) is 8.94. The predicted octanol–water partition coefficient (Wildman–Crippen LogP) is 10.5. The molecular formula is C40H28N2. The number of para-hydroxylation sites is 2. The molecule has 0 N–H and O–H groups in total. The molecule has 2 heteroatoms. The third kappa shape index (κ3) is 3.33. The maximum absolute atomic E-state index is 2.54. The average Bonchev–Trinajstić information content (AvgIpc) is 3.58. The van der Waals surface area contributed by atoms with Crippen molar-refractivity contribution in [3.8, 4) is 22.5 Å². The number of hydrogen-bond acceptors (Lipinski definition) is 0. The zero-order valence-corrected chi connectivity index (χ0v) is 23.2. The van der Waals surface area contributed by atoms with Crippen molar-refractivity contribution in [1.82, 2.24) is 9.13 Å². The van der Waals surface area contributed by atoms with E-state index in [1.54, 1.807) is 0 Å². The molecule has 0 fully saturated rings. The Morgan fingerprint density at radius 2 is 1.26 bits per heavy atom. The van der Waals surface area contributed by atoms with E-state index in [0.717, 1.165) is 12.8 Å². The van der Waals surface area contributed by atoms with Crippen LogP contribution in [0.1, 0.15) is 17.7 Å². The molecule has 2 heterocycles. The van der Waals surface area contributed by atoms with E-state index in [2.05, 4.69) is 155 Å². The molecule has 42 heavy (non-hydrogen) atoms. The Bertz CT molecular complexity index is 2330. The second-order valence-electron chi connectivity index (χ2n) is 11.3. The minimum absolute atomic E-state index is 1.01. The minimum atomic E-state index is 1.01. The maximum atomic E-state index is 2.54. The van der Waals surface area contributed by atoms with Gasteiger partial charge in [0.1, 0.15) is 0 Å². The van der Waals surface area contributed by atoms with Gasteiger partial charge in [0.2, 0.25) is 0 Å². The molecule has 9 rings (SSSR count). The zero-order valence-electron chi connectivity index (χ0n) is 23.2. The van der Waals surface area contributed by atoms with Gasteiger partial charge >= 0.3 is 0 Å². The Kier molecular flexibility index (Phi) is 5.06. The van der Waals surface area contributed by atoms with Crippen LogP contribution >= 0.6 is 0 Å². The highest BCUT2D eigenvalue weighted by molar-refractivity contribution is 6.20. The Balaban J connectivity index is 1.44. The van der Waals surface area contributed by atoms with Crippen molar-refractivity contribution in [2.45, 2.75) is 12.8 Å².